The van der Waals surface area contributed by atoms with Crippen LogP contribution in [-0.4, -0.2) is 0 Å². The molecule has 3 nitrogen and oxygen atoms in total. The number of ether oxygens (including phenoxy) is 1. The monoisotopic (exact) mass is 266 g/mol. The van der Waals surface area contributed by atoms with Gasteiger partial charge in [-0.2, -0.15) is 5.26 Å². The molecule has 0 saturated carbocycles. The molecule has 3 heteroatoms. The SMILES string of the molecule is Cc1ccc(C(C)C)cc1Oc1ccc(N)c(C#N)c1. The smallest absolute Gasteiger partial charge is 0.130 e. The van der Waals surface area contributed by atoms with Crippen LogP contribution >= 0.6 is 0 Å². The molecule has 0 fully saturated rings. The molecule has 0 saturated heterocycles. The van der Waals surface area contributed by atoms with E-state index < -0.39 is 0 Å². The number of benzene rings is 2. The summed E-state index contributed by atoms with van der Waals surface area (Å²) >= 11 is 0. The molecule has 0 spiro atoms. The van der Waals surface area contributed by atoms with Gasteiger partial charge in [0.2, 0.25) is 0 Å². The van der Waals surface area contributed by atoms with Gasteiger partial charge in [0.25, 0.3) is 0 Å². The van der Waals surface area contributed by atoms with Crippen molar-refractivity contribution in [3.05, 3.63) is 53.1 Å². The minimum atomic E-state index is 0.431. The predicted octanol–water partition coefficient (Wildman–Crippen LogP) is 4.36. The van der Waals surface area contributed by atoms with Crippen molar-refractivity contribution in [3.8, 4) is 17.6 Å². The van der Waals surface area contributed by atoms with Crippen molar-refractivity contribution in [2.45, 2.75) is 26.7 Å². The molecule has 2 rings (SSSR count). The molecule has 0 aromatic heterocycles. The van der Waals surface area contributed by atoms with Gasteiger partial charge in [0.05, 0.1) is 5.56 Å². The second-order valence-corrected chi connectivity index (χ2v) is 5.14. The van der Waals surface area contributed by atoms with Crippen LogP contribution in [0.2, 0.25) is 0 Å². The molecule has 2 aromatic carbocycles. The van der Waals surface area contributed by atoms with Crippen molar-refractivity contribution in [3.63, 3.8) is 0 Å². The number of nitrogens with two attached hydrogens (primary N) is 1. The Labute approximate surface area is 119 Å². The average Bonchev–Trinajstić information content (AvgIpc) is 2.43. The Hall–Kier alpha value is -2.47. The third-order valence-corrected chi connectivity index (χ3v) is 3.25. The first kappa shape index (κ1) is 14.0. The number of hydrogen-bond acceptors (Lipinski definition) is 3. The van der Waals surface area contributed by atoms with Crippen LogP contribution in [0, 0.1) is 18.3 Å². The molecule has 0 heterocycles. The van der Waals surface area contributed by atoms with Gasteiger partial charge >= 0.3 is 0 Å². The second-order valence-electron chi connectivity index (χ2n) is 5.14. The highest BCUT2D eigenvalue weighted by Crippen LogP contribution is 2.30. The van der Waals surface area contributed by atoms with Crippen molar-refractivity contribution in [1.29, 1.82) is 5.26 Å². The van der Waals surface area contributed by atoms with Crippen LogP contribution in [0.15, 0.2) is 36.4 Å². The molecule has 0 aliphatic carbocycles. The van der Waals surface area contributed by atoms with Crippen molar-refractivity contribution in [2.75, 3.05) is 5.73 Å². The van der Waals surface area contributed by atoms with Crippen molar-refractivity contribution >= 4 is 5.69 Å². The van der Waals surface area contributed by atoms with E-state index in [0.29, 0.717) is 22.9 Å². The number of rotatable bonds is 3. The van der Waals surface area contributed by atoms with Crippen molar-refractivity contribution in [2.24, 2.45) is 0 Å². The van der Waals surface area contributed by atoms with Gasteiger partial charge in [0.1, 0.15) is 17.6 Å². The largest absolute Gasteiger partial charge is 0.457 e. The van der Waals surface area contributed by atoms with Crippen LogP contribution in [-0.2, 0) is 0 Å². The number of aryl methyl sites for hydroxylation is 1. The summed E-state index contributed by atoms with van der Waals surface area (Å²) in [6.07, 6.45) is 0. The summed E-state index contributed by atoms with van der Waals surface area (Å²) < 4.78 is 5.89. The third-order valence-electron chi connectivity index (χ3n) is 3.25. The van der Waals surface area contributed by atoms with Crippen LogP contribution < -0.4 is 10.5 Å². The molecule has 0 unspecified atom stereocenters. The fourth-order valence-electron chi connectivity index (χ4n) is 1.91. The van der Waals surface area contributed by atoms with Crippen LogP contribution in [0.5, 0.6) is 11.5 Å². The lowest BCUT2D eigenvalue weighted by Crippen LogP contribution is -1.94. The van der Waals surface area contributed by atoms with Gasteiger partial charge in [-0.3, -0.25) is 0 Å². The fraction of sp³-hybridized carbons (Fsp3) is 0.235. The molecule has 0 radical (unpaired) electrons. The molecule has 20 heavy (non-hydrogen) atoms. The normalized spacial score (nSPS) is 10.3. The Balaban J connectivity index is 2.35. The lowest BCUT2D eigenvalue weighted by molar-refractivity contribution is 0.477. The molecule has 0 aliphatic heterocycles. The molecule has 102 valence electrons. The van der Waals surface area contributed by atoms with Gasteiger partial charge < -0.3 is 10.5 Å². The Kier molecular flexibility index (Phi) is 3.95. The minimum Gasteiger partial charge on any atom is -0.457 e. The maximum Gasteiger partial charge on any atom is 0.130 e. The standard InChI is InChI=1S/C17H18N2O/c1-11(2)13-5-4-12(3)17(9-13)20-15-6-7-16(19)14(8-15)10-18/h4-9,11H,19H2,1-3H3. The average molecular weight is 266 g/mol. The van der Waals surface area contributed by atoms with Gasteiger partial charge in [0, 0.05) is 11.8 Å². The molecule has 0 bridgehead atoms. The third kappa shape index (κ3) is 2.92. The number of anilines is 1. The Bertz CT molecular complexity index is 669. The summed E-state index contributed by atoms with van der Waals surface area (Å²) in [6, 6.07) is 13.4. The number of nitrogens with zero attached hydrogens (tertiary/aromatic N) is 1. The number of nitrogen functional groups attached to an aromatic ring is 1. The van der Waals surface area contributed by atoms with E-state index in [1.54, 1.807) is 18.2 Å². The fourth-order valence-corrected chi connectivity index (χ4v) is 1.91. The molecule has 2 N–H and O–H groups in total. The lowest BCUT2D eigenvalue weighted by Gasteiger charge is -2.13. The summed E-state index contributed by atoms with van der Waals surface area (Å²) in [5.41, 5.74) is 8.89. The van der Waals surface area contributed by atoms with E-state index in [4.69, 9.17) is 15.7 Å². The molecule has 0 amide bonds. The van der Waals surface area contributed by atoms with Crippen LogP contribution in [0.1, 0.15) is 36.5 Å². The zero-order valence-corrected chi connectivity index (χ0v) is 12.0. The highest BCUT2D eigenvalue weighted by atomic mass is 16.5. The summed E-state index contributed by atoms with van der Waals surface area (Å²) in [5.74, 6) is 1.88. The molecule has 0 atom stereocenters. The summed E-state index contributed by atoms with van der Waals surface area (Å²) in [4.78, 5) is 0. The van der Waals surface area contributed by atoms with E-state index in [1.165, 1.54) is 5.56 Å². The van der Waals surface area contributed by atoms with Crippen LogP contribution in [0.25, 0.3) is 0 Å². The second kappa shape index (κ2) is 5.66. The first-order valence-electron chi connectivity index (χ1n) is 6.59. The number of nitriles is 1. The summed E-state index contributed by atoms with van der Waals surface area (Å²) in [7, 11) is 0. The van der Waals surface area contributed by atoms with Gasteiger partial charge in [-0.25, -0.2) is 0 Å². The van der Waals surface area contributed by atoms with E-state index >= 15 is 0 Å². The van der Waals surface area contributed by atoms with Crippen LogP contribution in [0.3, 0.4) is 0 Å². The van der Waals surface area contributed by atoms with Gasteiger partial charge in [-0.15, -0.1) is 0 Å². The summed E-state index contributed by atoms with van der Waals surface area (Å²) in [6.45, 7) is 6.29. The maximum atomic E-state index is 8.99. The zero-order chi connectivity index (χ0) is 14.7. The van der Waals surface area contributed by atoms with E-state index in [0.717, 1.165) is 11.3 Å². The van der Waals surface area contributed by atoms with Gasteiger partial charge in [0.15, 0.2) is 0 Å². The predicted molar refractivity (Wildman–Crippen MR) is 80.9 cm³/mol. The zero-order valence-electron chi connectivity index (χ0n) is 12.0. The minimum absolute atomic E-state index is 0.431. The van der Waals surface area contributed by atoms with Gasteiger partial charge in [-0.1, -0.05) is 26.0 Å². The highest BCUT2D eigenvalue weighted by molar-refractivity contribution is 5.57. The Morgan fingerprint density at radius 1 is 1.15 bits per heavy atom. The first-order chi connectivity index (χ1) is 9.51. The molecular weight excluding hydrogens is 248 g/mol. The lowest BCUT2D eigenvalue weighted by atomic mass is 10.0. The van der Waals surface area contributed by atoms with Crippen molar-refractivity contribution < 1.29 is 4.74 Å². The summed E-state index contributed by atoms with van der Waals surface area (Å²) in [5, 5.41) is 8.99. The Morgan fingerprint density at radius 3 is 2.55 bits per heavy atom. The highest BCUT2D eigenvalue weighted by Gasteiger charge is 2.07. The quantitative estimate of drug-likeness (QED) is 0.839. The van der Waals surface area contributed by atoms with E-state index in [-0.39, 0.29) is 0 Å². The molecule has 2 aromatic rings. The Morgan fingerprint density at radius 2 is 1.90 bits per heavy atom. The van der Waals surface area contributed by atoms with E-state index in [9.17, 15) is 0 Å². The number of hydrogen-bond donors (Lipinski definition) is 1. The molecular formula is C17H18N2O. The topological polar surface area (TPSA) is 59.0 Å². The first-order valence-corrected chi connectivity index (χ1v) is 6.59. The van der Waals surface area contributed by atoms with E-state index in [1.807, 2.05) is 19.1 Å². The molecule has 0 aliphatic rings. The van der Waals surface area contributed by atoms with Crippen molar-refractivity contribution in [1.82, 2.24) is 0 Å². The van der Waals surface area contributed by atoms with Gasteiger partial charge in [-0.05, 0) is 42.2 Å². The van der Waals surface area contributed by atoms with E-state index in [2.05, 4.69) is 26.0 Å². The van der Waals surface area contributed by atoms with Crippen LogP contribution in [0.4, 0.5) is 5.69 Å². The maximum absolute atomic E-state index is 8.99.